The molecule has 1 atom stereocenters. The number of hydrogen-bond acceptors (Lipinski definition) is 3. The molecule has 0 spiro atoms. The quantitative estimate of drug-likeness (QED) is 0.798. The zero-order valence-electron chi connectivity index (χ0n) is 11.1. The topological polar surface area (TPSA) is 64.1 Å². The molecule has 4 nitrogen and oxygen atoms in total. The molecule has 1 unspecified atom stereocenters. The molecule has 2 rings (SSSR count). The first-order valence-corrected chi connectivity index (χ1v) is 6.54. The average Bonchev–Trinajstić information content (AvgIpc) is 2.73. The van der Waals surface area contributed by atoms with Gasteiger partial charge in [-0.15, -0.1) is 0 Å². The molecule has 0 saturated carbocycles. The van der Waals surface area contributed by atoms with Crippen LogP contribution in [0, 0.1) is 0 Å². The van der Waals surface area contributed by atoms with Crippen LogP contribution in [0.5, 0.6) is 0 Å². The van der Waals surface area contributed by atoms with Crippen LogP contribution in [0.25, 0.3) is 11.0 Å². The van der Waals surface area contributed by atoms with Crippen molar-refractivity contribution in [3.63, 3.8) is 0 Å². The maximum atomic E-state index is 9.45. The van der Waals surface area contributed by atoms with Gasteiger partial charge >= 0.3 is 0 Å². The van der Waals surface area contributed by atoms with Gasteiger partial charge in [0.15, 0.2) is 0 Å². The second-order valence-corrected chi connectivity index (χ2v) is 4.80. The van der Waals surface area contributed by atoms with Gasteiger partial charge in [-0.2, -0.15) is 0 Å². The number of nitrogen functional groups attached to an aromatic ring is 1. The van der Waals surface area contributed by atoms with Gasteiger partial charge in [-0.25, -0.2) is 4.98 Å². The van der Waals surface area contributed by atoms with E-state index in [1.807, 2.05) is 18.2 Å². The van der Waals surface area contributed by atoms with E-state index >= 15 is 0 Å². The maximum Gasteiger partial charge on any atom is 0.135 e. The van der Waals surface area contributed by atoms with Gasteiger partial charge in [-0.1, -0.05) is 19.8 Å². The first-order valence-electron chi connectivity index (χ1n) is 6.54. The van der Waals surface area contributed by atoms with Crippen molar-refractivity contribution < 1.29 is 5.11 Å². The van der Waals surface area contributed by atoms with Crippen molar-refractivity contribution in [2.24, 2.45) is 0 Å². The molecule has 1 heterocycles. The number of aromatic nitrogens is 2. The van der Waals surface area contributed by atoms with Crippen LogP contribution in [0.4, 0.5) is 5.69 Å². The van der Waals surface area contributed by atoms with Crippen LogP contribution in [0.15, 0.2) is 18.2 Å². The highest BCUT2D eigenvalue weighted by Crippen LogP contribution is 2.25. The zero-order valence-corrected chi connectivity index (χ0v) is 11.1. The number of aliphatic hydroxyl groups excluding tert-OH is 1. The minimum Gasteiger partial charge on any atom is -0.399 e. The highest BCUT2D eigenvalue weighted by atomic mass is 16.3. The number of rotatable bonds is 5. The highest BCUT2D eigenvalue weighted by Gasteiger charge is 2.14. The Hall–Kier alpha value is -1.55. The van der Waals surface area contributed by atoms with Gasteiger partial charge < -0.3 is 15.4 Å². The summed E-state index contributed by atoms with van der Waals surface area (Å²) in [5, 5.41) is 9.45. The summed E-state index contributed by atoms with van der Waals surface area (Å²) in [6.45, 7) is 4.32. The van der Waals surface area contributed by atoms with E-state index in [1.165, 1.54) is 12.8 Å². The molecule has 0 fully saturated rings. The van der Waals surface area contributed by atoms with E-state index in [0.29, 0.717) is 11.7 Å². The molecule has 0 radical (unpaired) electrons. The Bertz CT molecular complexity index is 533. The maximum absolute atomic E-state index is 9.45. The van der Waals surface area contributed by atoms with E-state index in [0.717, 1.165) is 23.3 Å². The molecule has 2 aromatic rings. The second kappa shape index (κ2) is 5.40. The lowest BCUT2D eigenvalue weighted by molar-refractivity contribution is 0.261. The van der Waals surface area contributed by atoms with E-state index in [4.69, 9.17) is 5.73 Å². The normalized spacial score (nSPS) is 13.1. The number of fused-ring (bicyclic) bond motifs is 1. The number of benzene rings is 1. The number of hydrogen-bond donors (Lipinski definition) is 2. The Labute approximate surface area is 107 Å². The number of nitrogens with zero attached hydrogens (tertiary/aromatic N) is 2. The van der Waals surface area contributed by atoms with E-state index < -0.39 is 0 Å². The molecular weight excluding hydrogens is 226 g/mol. The molecule has 3 N–H and O–H groups in total. The van der Waals surface area contributed by atoms with Crippen molar-refractivity contribution in [1.82, 2.24) is 9.55 Å². The molecule has 0 saturated heterocycles. The largest absolute Gasteiger partial charge is 0.399 e. The molecule has 0 aliphatic heterocycles. The van der Waals surface area contributed by atoms with Crippen LogP contribution in [0.2, 0.25) is 0 Å². The van der Waals surface area contributed by atoms with Crippen molar-refractivity contribution in [2.75, 3.05) is 5.73 Å². The Morgan fingerprint density at radius 1 is 1.44 bits per heavy atom. The van der Waals surface area contributed by atoms with Gasteiger partial charge in [0.2, 0.25) is 0 Å². The lowest BCUT2D eigenvalue weighted by Crippen LogP contribution is -2.09. The molecule has 1 aromatic heterocycles. The fourth-order valence-corrected chi connectivity index (χ4v) is 2.40. The highest BCUT2D eigenvalue weighted by molar-refractivity contribution is 5.79. The molecule has 18 heavy (non-hydrogen) atoms. The molecule has 0 aliphatic carbocycles. The van der Waals surface area contributed by atoms with Crippen molar-refractivity contribution in [3.8, 4) is 0 Å². The lowest BCUT2D eigenvalue weighted by Gasteiger charge is -2.16. The minimum atomic E-state index is -0.0367. The SMILES string of the molecule is CCCCC(C)n1c(CO)nc2cc(N)ccc21. The van der Waals surface area contributed by atoms with Crippen molar-refractivity contribution in [1.29, 1.82) is 0 Å². The zero-order chi connectivity index (χ0) is 13.1. The average molecular weight is 247 g/mol. The third kappa shape index (κ3) is 2.34. The van der Waals surface area contributed by atoms with Gasteiger partial charge in [0, 0.05) is 11.7 Å². The molecule has 0 bridgehead atoms. The molecule has 0 amide bonds. The van der Waals surface area contributed by atoms with Gasteiger partial charge in [0.1, 0.15) is 12.4 Å². The standard InChI is InChI=1S/C14H21N3O/c1-3-4-5-10(2)17-13-7-6-11(15)8-12(13)16-14(17)9-18/h6-8,10,18H,3-5,9,15H2,1-2H3. The molecule has 4 heteroatoms. The van der Waals surface area contributed by atoms with Gasteiger partial charge in [0.05, 0.1) is 11.0 Å². The Morgan fingerprint density at radius 3 is 2.89 bits per heavy atom. The van der Waals surface area contributed by atoms with Crippen molar-refractivity contribution in [2.45, 2.75) is 45.8 Å². The van der Waals surface area contributed by atoms with Crippen LogP contribution in [-0.2, 0) is 6.61 Å². The Morgan fingerprint density at radius 2 is 2.22 bits per heavy atom. The Kier molecular flexibility index (Phi) is 3.87. The van der Waals surface area contributed by atoms with Crippen LogP contribution in [-0.4, -0.2) is 14.7 Å². The molecule has 98 valence electrons. The smallest absolute Gasteiger partial charge is 0.135 e. The van der Waals surface area contributed by atoms with Crippen molar-refractivity contribution in [3.05, 3.63) is 24.0 Å². The predicted octanol–water partition coefficient (Wildman–Crippen LogP) is 2.86. The monoisotopic (exact) mass is 247 g/mol. The van der Waals surface area contributed by atoms with Gasteiger partial charge in [-0.05, 0) is 31.5 Å². The first-order chi connectivity index (χ1) is 8.67. The summed E-state index contributed by atoms with van der Waals surface area (Å²) in [4.78, 5) is 4.45. The first kappa shape index (κ1) is 12.9. The van der Waals surface area contributed by atoms with Crippen LogP contribution in [0.3, 0.4) is 0 Å². The summed E-state index contributed by atoms with van der Waals surface area (Å²) in [7, 11) is 0. The summed E-state index contributed by atoms with van der Waals surface area (Å²) in [6, 6.07) is 6.08. The number of anilines is 1. The minimum absolute atomic E-state index is 0.0367. The van der Waals surface area contributed by atoms with E-state index in [1.54, 1.807) is 0 Å². The number of imidazole rings is 1. The summed E-state index contributed by atoms with van der Waals surface area (Å²) in [5.74, 6) is 0.721. The summed E-state index contributed by atoms with van der Waals surface area (Å²) in [6.07, 6.45) is 3.46. The van der Waals surface area contributed by atoms with Gasteiger partial charge in [-0.3, -0.25) is 0 Å². The summed E-state index contributed by atoms with van der Waals surface area (Å²) in [5.41, 5.74) is 8.39. The van der Waals surface area contributed by atoms with Crippen LogP contribution in [0.1, 0.15) is 45.0 Å². The van der Waals surface area contributed by atoms with Crippen molar-refractivity contribution >= 4 is 16.7 Å². The fourth-order valence-electron chi connectivity index (χ4n) is 2.40. The second-order valence-electron chi connectivity index (χ2n) is 4.80. The third-order valence-corrected chi connectivity index (χ3v) is 3.34. The lowest BCUT2D eigenvalue weighted by atomic mass is 10.1. The Balaban J connectivity index is 2.46. The fraction of sp³-hybridized carbons (Fsp3) is 0.500. The van der Waals surface area contributed by atoms with Gasteiger partial charge in [0.25, 0.3) is 0 Å². The van der Waals surface area contributed by atoms with Crippen LogP contribution >= 0.6 is 0 Å². The molecular formula is C14H21N3O. The molecule has 0 aliphatic rings. The summed E-state index contributed by atoms with van der Waals surface area (Å²) < 4.78 is 2.13. The van der Waals surface area contributed by atoms with E-state index in [2.05, 4.69) is 23.4 Å². The number of unbranched alkanes of at least 4 members (excludes halogenated alkanes) is 1. The molecule has 1 aromatic carbocycles. The number of nitrogens with two attached hydrogens (primary N) is 1. The van der Waals surface area contributed by atoms with E-state index in [-0.39, 0.29) is 6.61 Å². The third-order valence-electron chi connectivity index (χ3n) is 3.34. The number of aliphatic hydroxyl groups is 1. The van der Waals surface area contributed by atoms with Crippen LogP contribution < -0.4 is 5.73 Å². The summed E-state index contributed by atoms with van der Waals surface area (Å²) >= 11 is 0. The van der Waals surface area contributed by atoms with E-state index in [9.17, 15) is 5.11 Å². The predicted molar refractivity (Wildman–Crippen MR) is 74.3 cm³/mol.